The van der Waals surface area contributed by atoms with Crippen LogP contribution in [-0.2, 0) is 6.54 Å². The number of ketones is 1. The third-order valence-corrected chi connectivity index (χ3v) is 6.03. The first-order chi connectivity index (χ1) is 16.4. The van der Waals surface area contributed by atoms with Gasteiger partial charge >= 0.3 is 0 Å². The van der Waals surface area contributed by atoms with Crippen molar-refractivity contribution in [2.75, 3.05) is 27.1 Å². The second-order valence-electron chi connectivity index (χ2n) is 8.06. The van der Waals surface area contributed by atoms with Crippen molar-refractivity contribution >= 4 is 17.5 Å². The summed E-state index contributed by atoms with van der Waals surface area (Å²) in [6.07, 6.45) is -0.324. The summed E-state index contributed by atoms with van der Waals surface area (Å²) in [5, 5.41) is 9.44. The maximum absolute atomic E-state index is 12.8. The number of ether oxygens (including phenoxy) is 4. The number of rotatable bonds is 12. The Hall–Kier alpha value is -3.20. The van der Waals surface area contributed by atoms with Gasteiger partial charge in [0.15, 0.2) is 34.4 Å². The minimum atomic E-state index is -0.324. The van der Waals surface area contributed by atoms with Crippen LogP contribution in [-0.4, -0.2) is 47.6 Å². The molecule has 0 aliphatic rings. The summed E-state index contributed by atoms with van der Waals surface area (Å²) in [5.41, 5.74) is 0.552. The molecule has 0 bridgehead atoms. The molecule has 0 radical (unpaired) electrons. The zero-order valence-corrected chi connectivity index (χ0v) is 21.2. The van der Waals surface area contributed by atoms with Gasteiger partial charge in [-0.05, 0) is 55.3 Å². The summed E-state index contributed by atoms with van der Waals surface area (Å²) in [5.74, 6) is 3.85. The van der Waals surface area contributed by atoms with Gasteiger partial charge in [-0.1, -0.05) is 25.6 Å². The molecule has 0 saturated heterocycles. The van der Waals surface area contributed by atoms with Crippen LogP contribution in [0.5, 0.6) is 23.0 Å². The number of hydrogen-bond donors (Lipinski definition) is 0. The zero-order chi connectivity index (χ0) is 24.7. The van der Waals surface area contributed by atoms with E-state index in [0.717, 1.165) is 5.75 Å². The fourth-order valence-electron chi connectivity index (χ4n) is 3.38. The maximum atomic E-state index is 12.8. The SMILES string of the molecule is COc1ccc(OC(C)c2nnc(SCC(=O)c3ccc(OC)c(OC)c3)n2CC(C)C)cc1. The summed E-state index contributed by atoms with van der Waals surface area (Å²) in [6.45, 7) is 6.91. The number of nitrogens with zero attached hydrogens (tertiary/aromatic N) is 3. The third-order valence-electron chi connectivity index (χ3n) is 5.07. The van der Waals surface area contributed by atoms with Gasteiger partial charge in [-0.25, -0.2) is 0 Å². The number of benzene rings is 2. The molecule has 182 valence electrons. The average Bonchev–Trinajstić information content (AvgIpc) is 3.24. The second-order valence-corrected chi connectivity index (χ2v) is 9.00. The number of thioether (sulfide) groups is 1. The molecule has 0 spiro atoms. The largest absolute Gasteiger partial charge is 0.497 e. The predicted octanol–water partition coefficient (Wildman–Crippen LogP) is 5.07. The Morgan fingerprint density at radius 2 is 1.59 bits per heavy atom. The van der Waals surface area contributed by atoms with Gasteiger partial charge in [0.2, 0.25) is 0 Å². The molecular weight excluding hydrogens is 454 g/mol. The Balaban J connectivity index is 1.74. The molecule has 3 rings (SSSR count). The van der Waals surface area contributed by atoms with Crippen molar-refractivity contribution in [1.29, 1.82) is 0 Å². The minimum absolute atomic E-state index is 0.0332. The highest BCUT2D eigenvalue weighted by molar-refractivity contribution is 7.99. The molecule has 0 aliphatic carbocycles. The first-order valence-electron chi connectivity index (χ1n) is 11.0. The van der Waals surface area contributed by atoms with Crippen LogP contribution < -0.4 is 18.9 Å². The Kier molecular flexibility index (Phi) is 8.81. The Morgan fingerprint density at radius 3 is 2.21 bits per heavy atom. The van der Waals surface area contributed by atoms with E-state index < -0.39 is 0 Å². The van der Waals surface area contributed by atoms with Gasteiger partial charge in [-0.15, -0.1) is 10.2 Å². The van der Waals surface area contributed by atoms with Gasteiger partial charge in [0.1, 0.15) is 11.5 Å². The Morgan fingerprint density at radius 1 is 0.912 bits per heavy atom. The van der Waals surface area contributed by atoms with E-state index in [1.165, 1.54) is 11.8 Å². The molecule has 9 heteroatoms. The van der Waals surface area contributed by atoms with Crippen molar-refractivity contribution in [2.24, 2.45) is 5.92 Å². The Labute approximate surface area is 204 Å². The lowest BCUT2D eigenvalue weighted by molar-refractivity contribution is 0.102. The summed E-state index contributed by atoms with van der Waals surface area (Å²) in [4.78, 5) is 12.8. The number of carbonyl (C=O) groups excluding carboxylic acids is 1. The molecule has 0 amide bonds. The van der Waals surface area contributed by atoms with Crippen molar-refractivity contribution < 1.29 is 23.7 Å². The monoisotopic (exact) mass is 485 g/mol. The van der Waals surface area contributed by atoms with Crippen molar-refractivity contribution in [3.8, 4) is 23.0 Å². The molecule has 1 heterocycles. The van der Waals surface area contributed by atoms with Gasteiger partial charge in [-0.2, -0.15) is 0 Å². The molecule has 0 N–H and O–H groups in total. The van der Waals surface area contributed by atoms with E-state index >= 15 is 0 Å². The van der Waals surface area contributed by atoms with E-state index in [-0.39, 0.29) is 17.6 Å². The van der Waals surface area contributed by atoms with Crippen molar-refractivity contribution in [1.82, 2.24) is 14.8 Å². The molecule has 0 fully saturated rings. The molecule has 3 aromatic rings. The molecule has 1 unspecified atom stereocenters. The molecule has 1 atom stereocenters. The molecule has 2 aromatic carbocycles. The first-order valence-corrected chi connectivity index (χ1v) is 12.0. The number of methoxy groups -OCH3 is 3. The van der Waals surface area contributed by atoms with E-state index in [1.807, 2.05) is 35.8 Å². The van der Waals surface area contributed by atoms with Crippen LogP contribution in [0, 0.1) is 5.92 Å². The van der Waals surface area contributed by atoms with Crippen LogP contribution in [0.15, 0.2) is 47.6 Å². The zero-order valence-electron chi connectivity index (χ0n) is 20.4. The lowest BCUT2D eigenvalue weighted by Crippen LogP contribution is -2.15. The fraction of sp³-hybridized carbons (Fsp3) is 0.400. The van der Waals surface area contributed by atoms with Crippen LogP contribution in [0.3, 0.4) is 0 Å². The summed E-state index contributed by atoms with van der Waals surface area (Å²) < 4.78 is 23.9. The quantitative estimate of drug-likeness (QED) is 0.260. The second kappa shape index (κ2) is 11.8. The van der Waals surface area contributed by atoms with E-state index in [9.17, 15) is 4.79 Å². The van der Waals surface area contributed by atoms with Crippen molar-refractivity contribution in [2.45, 2.75) is 38.6 Å². The summed E-state index contributed by atoms with van der Waals surface area (Å²) in [7, 11) is 4.74. The lowest BCUT2D eigenvalue weighted by atomic mass is 10.1. The topological polar surface area (TPSA) is 84.7 Å². The van der Waals surface area contributed by atoms with Gasteiger partial charge in [0, 0.05) is 12.1 Å². The highest BCUT2D eigenvalue weighted by Crippen LogP contribution is 2.30. The number of aromatic nitrogens is 3. The summed E-state index contributed by atoms with van der Waals surface area (Å²) in [6, 6.07) is 12.6. The van der Waals surface area contributed by atoms with Gasteiger partial charge in [-0.3, -0.25) is 4.79 Å². The lowest BCUT2D eigenvalue weighted by Gasteiger charge is -2.18. The number of carbonyl (C=O) groups is 1. The molecule has 34 heavy (non-hydrogen) atoms. The molecule has 0 aliphatic heterocycles. The van der Waals surface area contributed by atoms with Crippen molar-refractivity contribution in [3.63, 3.8) is 0 Å². The van der Waals surface area contributed by atoms with Crippen LogP contribution in [0.4, 0.5) is 0 Å². The summed E-state index contributed by atoms with van der Waals surface area (Å²) >= 11 is 1.36. The average molecular weight is 486 g/mol. The maximum Gasteiger partial charge on any atom is 0.191 e. The van der Waals surface area contributed by atoms with Crippen LogP contribution >= 0.6 is 11.8 Å². The van der Waals surface area contributed by atoms with Gasteiger partial charge in [0.25, 0.3) is 0 Å². The number of Topliss-reactive ketones (excluding diaryl/α,β-unsaturated/α-hetero) is 1. The van der Waals surface area contributed by atoms with E-state index in [4.69, 9.17) is 18.9 Å². The smallest absolute Gasteiger partial charge is 0.191 e. The molecular formula is C25H31N3O5S. The van der Waals surface area contributed by atoms with Gasteiger partial charge < -0.3 is 23.5 Å². The van der Waals surface area contributed by atoms with Crippen molar-refractivity contribution in [3.05, 3.63) is 53.9 Å². The normalized spacial score (nSPS) is 11.9. The van der Waals surface area contributed by atoms with Gasteiger partial charge in [0.05, 0.1) is 27.1 Å². The number of hydrogen-bond acceptors (Lipinski definition) is 8. The molecule has 1 aromatic heterocycles. The standard InChI is InChI=1S/C25H31N3O5S/c1-16(2)14-28-24(17(3)33-20-10-8-19(30-4)9-11-20)26-27-25(28)34-15-21(29)18-7-12-22(31-5)23(13-18)32-6/h7-13,16-17H,14-15H2,1-6H3. The van der Waals surface area contributed by atoms with E-state index in [0.29, 0.717) is 46.3 Å². The molecule has 0 saturated carbocycles. The van der Waals surface area contributed by atoms with E-state index in [1.54, 1.807) is 39.5 Å². The minimum Gasteiger partial charge on any atom is -0.497 e. The highest BCUT2D eigenvalue weighted by atomic mass is 32.2. The molecule has 8 nitrogen and oxygen atoms in total. The van der Waals surface area contributed by atoms with Crippen LogP contribution in [0.25, 0.3) is 0 Å². The Bertz CT molecular complexity index is 1100. The third kappa shape index (κ3) is 6.22. The fourth-order valence-corrected chi connectivity index (χ4v) is 4.23. The first kappa shape index (κ1) is 25.4. The van der Waals surface area contributed by atoms with Crippen LogP contribution in [0.1, 0.15) is 43.1 Å². The van der Waals surface area contributed by atoms with Crippen LogP contribution in [0.2, 0.25) is 0 Å². The van der Waals surface area contributed by atoms with E-state index in [2.05, 4.69) is 24.0 Å². The predicted molar refractivity (Wildman–Crippen MR) is 131 cm³/mol. The highest BCUT2D eigenvalue weighted by Gasteiger charge is 2.21.